The lowest BCUT2D eigenvalue weighted by Gasteiger charge is -2.01. The zero-order chi connectivity index (χ0) is 11.3. The molecule has 15 heavy (non-hydrogen) atoms. The topological polar surface area (TPSA) is 17.1 Å². The van der Waals surface area contributed by atoms with Gasteiger partial charge >= 0.3 is 0 Å². The number of benzene rings is 1. The van der Waals surface area contributed by atoms with Gasteiger partial charge in [0.05, 0.1) is 5.56 Å². The largest absolute Gasteiger partial charge is 0.294 e. The molecule has 0 bridgehead atoms. The second kappa shape index (κ2) is 5.66. The lowest BCUT2D eigenvalue weighted by molar-refractivity contribution is 0.0976. The molecule has 0 fully saturated rings. The molecule has 3 heteroatoms. The lowest BCUT2D eigenvalue weighted by atomic mass is 10.1. The molecular weight excluding hydrogens is 215 g/mol. The van der Waals surface area contributed by atoms with E-state index in [4.69, 9.17) is 11.6 Å². The number of carbonyl (C=O) groups excluding carboxylic acids is 1. The van der Waals surface area contributed by atoms with E-state index >= 15 is 0 Å². The van der Waals surface area contributed by atoms with E-state index in [0.717, 1.165) is 12.5 Å². The smallest absolute Gasteiger partial charge is 0.165 e. The number of unbranched alkanes of at least 4 members (excludes halogenated alkanes) is 1. The zero-order valence-corrected chi connectivity index (χ0v) is 9.06. The van der Waals surface area contributed by atoms with Crippen molar-refractivity contribution in [1.29, 1.82) is 0 Å². The van der Waals surface area contributed by atoms with Crippen molar-refractivity contribution >= 4 is 17.4 Å². The van der Waals surface area contributed by atoms with Gasteiger partial charge in [0, 0.05) is 11.4 Å². The van der Waals surface area contributed by atoms with Crippen molar-refractivity contribution in [3.8, 4) is 0 Å². The Labute approximate surface area is 93.6 Å². The molecule has 0 amide bonds. The molecule has 0 aliphatic rings. The minimum atomic E-state index is -0.550. The highest BCUT2D eigenvalue weighted by atomic mass is 35.5. The van der Waals surface area contributed by atoms with Gasteiger partial charge in [0.1, 0.15) is 5.82 Å². The van der Waals surface area contributed by atoms with Crippen molar-refractivity contribution in [2.75, 3.05) is 0 Å². The summed E-state index contributed by atoms with van der Waals surface area (Å²) in [4.78, 5) is 11.5. The Morgan fingerprint density at radius 2 is 2.27 bits per heavy atom. The number of ketones is 1. The number of hydrogen-bond donors (Lipinski definition) is 0. The molecule has 0 heterocycles. The molecule has 0 unspecified atom stereocenters. The van der Waals surface area contributed by atoms with Crippen LogP contribution in [0.4, 0.5) is 4.39 Å². The SMILES string of the molecule is C=CCCCC(=O)c1ccc(Cl)cc1F. The normalized spacial score (nSPS) is 10.0. The Balaban J connectivity index is 2.69. The predicted octanol–water partition coefficient (Wildman–Crippen LogP) is 4.02. The fourth-order valence-corrected chi connectivity index (χ4v) is 1.42. The van der Waals surface area contributed by atoms with Gasteiger partial charge in [-0.2, -0.15) is 0 Å². The quantitative estimate of drug-likeness (QED) is 0.421. The van der Waals surface area contributed by atoms with Crippen LogP contribution in [0.25, 0.3) is 0 Å². The van der Waals surface area contributed by atoms with E-state index in [0.29, 0.717) is 17.9 Å². The van der Waals surface area contributed by atoms with E-state index < -0.39 is 5.82 Å². The molecule has 0 saturated heterocycles. The third-order valence-electron chi connectivity index (χ3n) is 2.04. The van der Waals surface area contributed by atoms with Crippen LogP contribution in [0.3, 0.4) is 0 Å². The number of halogens is 2. The maximum absolute atomic E-state index is 13.3. The molecule has 0 N–H and O–H groups in total. The Kier molecular flexibility index (Phi) is 4.50. The monoisotopic (exact) mass is 226 g/mol. The molecule has 0 saturated carbocycles. The third-order valence-corrected chi connectivity index (χ3v) is 2.28. The molecule has 0 atom stereocenters. The van der Waals surface area contributed by atoms with Crippen LogP contribution in [0.15, 0.2) is 30.9 Å². The summed E-state index contributed by atoms with van der Waals surface area (Å²) in [6.07, 6.45) is 3.54. The van der Waals surface area contributed by atoms with Crippen LogP contribution in [-0.2, 0) is 0 Å². The van der Waals surface area contributed by atoms with E-state index in [9.17, 15) is 9.18 Å². The average Bonchev–Trinajstić information content (AvgIpc) is 2.17. The lowest BCUT2D eigenvalue weighted by Crippen LogP contribution is -2.01. The maximum atomic E-state index is 13.3. The highest BCUT2D eigenvalue weighted by Crippen LogP contribution is 2.16. The van der Waals surface area contributed by atoms with Crippen LogP contribution in [-0.4, -0.2) is 5.78 Å². The van der Waals surface area contributed by atoms with Crippen molar-refractivity contribution in [3.63, 3.8) is 0 Å². The summed E-state index contributed by atoms with van der Waals surface area (Å²) in [5.41, 5.74) is 0.114. The van der Waals surface area contributed by atoms with E-state index in [2.05, 4.69) is 6.58 Å². The highest BCUT2D eigenvalue weighted by molar-refractivity contribution is 6.30. The first kappa shape index (κ1) is 11.9. The molecule has 0 aliphatic heterocycles. The standard InChI is InChI=1S/C12H12ClFO/c1-2-3-4-5-12(15)10-7-6-9(13)8-11(10)14/h2,6-8H,1,3-5H2. The molecule has 1 aromatic carbocycles. The second-order valence-corrected chi connectivity index (χ2v) is 3.66. The van der Waals surface area contributed by atoms with Crippen molar-refractivity contribution in [3.05, 3.63) is 47.3 Å². The Morgan fingerprint density at radius 1 is 1.53 bits per heavy atom. The molecule has 1 nitrogen and oxygen atoms in total. The Bertz CT molecular complexity index is 374. The van der Waals surface area contributed by atoms with Crippen LogP contribution in [0, 0.1) is 5.82 Å². The molecule has 0 radical (unpaired) electrons. The van der Waals surface area contributed by atoms with Crippen molar-refractivity contribution < 1.29 is 9.18 Å². The number of allylic oxidation sites excluding steroid dienone is 1. The summed E-state index contributed by atoms with van der Waals surface area (Å²) in [5.74, 6) is -0.739. The third kappa shape index (κ3) is 3.48. The minimum Gasteiger partial charge on any atom is -0.294 e. The maximum Gasteiger partial charge on any atom is 0.165 e. The summed E-state index contributed by atoms with van der Waals surface area (Å²) in [6, 6.07) is 4.10. The first-order valence-electron chi connectivity index (χ1n) is 4.74. The van der Waals surface area contributed by atoms with Crippen LogP contribution < -0.4 is 0 Å². The van der Waals surface area contributed by atoms with Gasteiger partial charge in [0.2, 0.25) is 0 Å². The number of hydrogen-bond acceptors (Lipinski definition) is 1. The molecule has 0 spiro atoms. The van der Waals surface area contributed by atoms with Gasteiger partial charge < -0.3 is 0 Å². The molecule has 1 rings (SSSR count). The van der Waals surface area contributed by atoms with Crippen molar-refractivity contribution in [2.24, 2.45) is 0 Å². The zero-order valence-electron chi connectivity index (χ0n) is 8.30. The number of carbonyl (C=O) groups is 1. The summed E-state index contributed by atoms with van der Waals surface area (Å²) in [5, 5.41) is 0.301. The fourth-order valence-electron chi connectivity index (χ4n) is 1.26. The minimum absolute atomic E-state index is 0.114. The molecule has 0 aromatic heterocycles. The van der Waals surface area contributed by atoms with E-state index in [1.807, 2.05) is 0 Å². The van der Waals surface area contributed by atoms with Crippen LogP contribution in [0.5, 0.6) is 0 Å². The Hall–Kier alpha value is -1.15. The van der Waals surface area contributed by atoms with Crippen LogP contribution >= 0.6 is 11.6 Å². The first-order chi connectivity index (χ1) is 7.15. The fraction of sp³-hybridized carbons (Fsp3) is 0.250. The van der Waals surface area contributed by atoms with Crippen molar-refractivity contribution in [2.45, 2.75) is 19.3 Å². The van der Waals surface area contributed by atoms with Gasteiger partial charge in [0.15, 0.2) is 5.78 Å². The van der Waals surface area contributed by atoms with Gasteiger partial charge in [-0.05, 0) is 31.0 Å². The molecule has 0 aliphatic carbocycles. The molecular formula is C12H12ClFO. The number of Topliss-reactive ketones (excluding diaryl/α,β-unsaturated/α-hetero) is 1. The summed E-state index contributed by atoms with van der Waals surface area (Å²) < 4.78 is 13.3. The average molecular weight is 227 g/mol. The first-order valence-corrected chi connectivity index (χ1v) is 5.12. The molecule has 1 aromatic rings. The van der Waals surface area contributed by atoms with Gasteiger partial charge in [-0.3, -0.25) is 4.79 Å². The highest BCUT2D eigenvalue weighted by Gasteiger charge is 2.10. The summed E-state index contributed by atoms with van der Waals surface area (Å²) in [6.45, 7) is 3.56. The Morgan fingerprint density at radius 3 is 2.87 bits per heavy atom. The van der Waals surface area contributed by atoms with Gasteiger partial charge in [0.25, 0.3) is 0 Å². The van der Waals surface area contributed by atoms with E-state index in [1.165, 1.54) is 12.1 Å². The van der Waals surface area contributed by atoms with Gasteiger partial charge in [-0.1, -0.05) is 17.7 Å². The summed E-state index contributed by atoms with van der Waals surface area (Å²) >= 11 is 5.58. The van der Waals surface area contributed by atoms with Gasteiger partial charge in [-0.25, -0.2) is 4.39 Å². The van der Waals surface area contributed by atoms with Crippen molar-refractivity contribution in [1.82, 2.24) is 0 Å². The van der Waals surface area contributed by atoms with E-state index in [1.54, 1.807) is 6.08 Å². The van der Waals surface area contributed by atoms with E-state index in [-0.39, 0.29) is 11.3 Å². The molecule has 80 valence electrons. The van der Waals surface area contributed by atoms with Crippen LogP contribution in [0.1, 0.15) is 29.6 Å². The predicted molar refractivity (Wildman–Crippen MR) is 59.8 cm³/mol. The number of rotatable bonds is 5. The van der Waals surface area contributed by atoms with Gasteiger partial charge in [-0.15, -0.1) is 6.58 Å². The second-order valence-electron chi connectivity index (χ2n) is 3.23. The van der Waals surface area contributed by atoms with Crippen LogP contribution in [0.2, 0.25) is 5.02 Å². The summed E-state index contributed by atoms with van der Waals surface area (Å²) in [7, 11) is 0.